The second-order valence-corrected chi connectivity index (χ2v) is 7.29. The van der Waals surface area contributed by atoms with Gasteiger partial charge in [-0.15, -0.1) is 0 Å². The Labute approximate surface area is 180 Å². The normalized spacial score (nSPS) is 11.8. The number of aromatic nitrogens is 1. The first-order chi connectivity index (χ1) is 14.5. The number of carbonyl (C=O) groups is 1. The summed E-state index contributed by atoms with van der Waals surface area (Å²) in [6.45, 7) is 1.97. The average Bonchev–Trinajstić information content (AvgIpc) is 2.76. The minimum atomic E-state index is -1.04. The average molecular weight is 426 g/mol. The standard InChI is InChI=1S/C23H24ClN3O3/c24-18-7-1-6-17(13-18)22(28)15-25-11-4-12-26-19-8-2-5-16(14-19)20-9-3-10-21(27-20)23(29)30/h1-3,5-10,13-14,22,25-26,28H,4,11-12,15H2,(H,29,30)/t22-/m1/s1. The maximum Gasteiger partial charge on any atom is 0.354 e. The lowest BCUT2D eigenvalue weighted by Crippen LogP contribution is -2.24. The second kappa shape index (κ2) is 10.7. The summed E-state index contributed by atoms with van der Waals surface area (Å²) in [5.74, 6) is -1.04. The van der Waals surface area contributed by atoms with Gasteiger partial charge in [0.25, 0.3) is 0 Å². The van der Waals surface area contributed by atoms with Crippen molar-refractivity contribution in [2.45, 2.75) is 12.5 Å². The molecule has 1 heterocycles. The summed E-state index contributed by atoms with van der Waals surface area (Å²) in [5, 5.41) is 26.5. The van der Waals surface area contributed by atoms with Crippen molar-refractivity contribution < 1.29 is 15.0 Å². The van der Waals surface area contributed by atoms with E-state index in [4.69, 9.17) is 16.7 Å². The van der Waals surface area contributed by atoms with E-state index in [-0.39, 0.29) is 5.69 Å². The van der Waals surface area contributed by atoms with E-state index in [1.165, 1.54) is 6.07 Å². The van der Waals surface area contributed by atoms with Gasteiger partial charge in [0, 0.05) is 29.4 Å². The van der Waals surface area contributed by atoms with Crippen LogP contribution in [-0.4, -0.2) is 40.8 Å². The van der Waals surface area contributed by atoms with E-state index in [2.05, 4.69) is 15.6 Å². The Balaban J connectivity index is 1.44. The topological polar surface area (TPSA) is 94.5 Å². The number of rotatable bonds is 10. The molecule has 0 saturated carbocycles. The van der Waals surface area contributed by atoms with Crippen molar-refractivity contribution in [3.63, 3.8) is 0 Å². The van der Waals surface area contributed by atoms with Gasteiger partial charge in [-0.05, 0) is 54.9 Å². The van der Waals surface area contributed by atoms with Crippen LogP contribution in [0.15, 0.2) is 66.7 Å². The summed E-state index contributed by atoms with van der Waals surface area (Å²) in [4.78, 5) is 15.3. The van der Waals surface area contributed by atoms with Gasteiger partial charge in [-0.1, -0.05) is 41.9 Å². The van der Waals surface area contributed by atoms with Crippen LogP contribution in [0.2, 0.25) is 5.02 Å². The highest BCUT2D eigenvalue weighted by Crippen LogP contribution is 2.21. The number of aliphatic hydroxyl groups is 1. The van der Waals surface area contributed by atoms with Gasteiger partial charge >= 0.3 is 5.97 Å². The molecular formula is C23H24ClN3O3. The van der Waals surface area contributed by atoms with Crippen LogP contribution in [0.1, 0.15) is 28.6 Å². The van der Waals surface area contributed by atoms with Crippen molar-refractivity contribution >= 4 is 23.3 Å². The van der Waals surface area contributed by atoms with Crippen LogP contribution in [0, 0.1) is 0 Å². The zero-order valence-corrected chi connectivity index (χ0v) is 17.1. The van der Waals surface area contributed by atoms with Crippen LogP contribution in [0.3, 0.4) is 0 Å². The molecule has 0 aliphatic rings. The fraction of sp³-hybridized carbons (Fsp3) is 0.217. The Bertz CT molecular complexity index is 997. The molecule has 30 heavy (non-hydrogen) atoms. The van der Waals surface area contributed by atoms with Crippen molar-refractivity contribution in [2.24, 2.45) is 0 Å². The Kier molecular flexibility index (Phi) is 7.79. The number of benzene rings is 2. The number of nitrogens with one attached hydrogen (secondary N) is 2. The third-order valence-electron chi connectivity index (χ3n) is 4.56. The molecular weight excluding hydrogens is 402 g/mol. The molecule has 0 bridgehead atoms. The Morgan fingerprint density at radius 2 is 1.83 bits per heavy atom. The van der Waals surface area contributed by atoms with E-state index in [0.29, 0.717) is 17.3 Å². The minimum absolute atomic E-state index is 0.0249. The first-order valence-corrected chi connectivity index (χ1v) is 10.1. The molecule has 156 valence electrons. The van der Waals surface area contributed by atoms with Crippen molar-refractivity contribution in [3.05, 3.63) is 83.0 Å². The summed E-state index contributed by atoms with van der Waals surface area (Å²) in [6, 6.07) is 19.9. The van der Waals surface area contributed by atoms with Crippen molar-refractivity contribution in [1.29, 1.82) is 0 Å². The maximum atomic E-state index is 11.1. The van der Waals surface area contributed by atoms with Crippen LogP contribution in [-0.2, 0) is 0 Å². The molecule has 0 aliphatic carbocycles. The highest BCUT2D eigenvalue weighted by atomic mass is 35.5. The summed E-state index contributed by atoms with van der Waals surface area (Å²) >= 11 is 5.95. The number of pyridine rings is 1. The van der Waals surface area contributed by atoms with Gasteiger partial charge in [0.15, 0.2) is 0 Å². The molecule has 0 radical (unpaired) electrons. The number of hydrogen-bond acceptors (Lipinski definition) is 5. The van der Waals surface area contributed by atoms with Gasteiger partial charge in [-0.2, -0.15) is 0 Å². The molecule has 2 aromatic carbocycles. The minimum Gasteiger partial charge on any atom is -0.477 e. The number of aromatic carboxylic acids is 1. The molecule has 4 N–H and O–H groups in total. The molecule has 0 amide bonds. The summed E-state index contributed by atoms with van der Waals surface area (Å²) in [7, 11) is 0. The molecule has 7 heteroatoms. The lowest BCUT2D eigenvalue weighted by Gasteiger charge is -2.13. The molecule has 3 aromatic rings. The SMILES string of the molecule is O=C(O)c1cccc(-c2cccc(NCCCNC[C@@H](O)c3cccc(Cl)c3)c2)n1. The van der Waals surface area contributed by atoms with Gasteiger partial charge in [0.1, 0.15) is 5.69 Å². The molecule has 0 spiro atoms. The smallest absolute Gasteiger partial charge is 0.354 e. The van der Waals surface area contributed by atoms with E-state index >= 15 is 0 Å². The second-order valence-electron chi connectivity index (χ2n) is 6.85. The molecule has 0 fully saturated rings. The molecule has 0 aliphatic heterocycles. The fourth-order valence-electron chi connectivity index (χ4n) is 3.02. The van der Waals surface area contributed by atoms with Crippen LogP contribution < -0.4 is 10.6 Å². The Hall–Kier alpha value is -2.93. The lowest BCUT2D eigenvalue weighted by molar-refractivity contribution is 0.0690. The predicted octanol–water partition coefficient (Wildman–Crippen LogP) is 4.23. The summed E-state index contributed by atoms with van der Waals surface area (Å²) in [5.41, 5.74) is 3.23. The molecule has 1 atom stereocenters. The number of nitrogens with zero attached hydrogens (tertiary/aromatic N) is 1. The lowest BCUT2D eigenvalue weighted by atomic mass is 10.1. The zero-order valence-electron chi connectivity index (χ0n) is 16.4. The highest BCUT2D eigenvalue weighted by Gasteiger charge is 2.08. The van der Waals surface area contributed by atoms with Gasteiger partial charge in [0.2, 0.25) is 0 Å². The van der Waals surface area contributed by atoms with Gasteiger partial charge in [-0.25, -0.2) is 9.78 Å². The number of anilines is 1. The van der Waals surface area contributed by atoms with Crippen LogP contribution in [0.25, 0.3) is 11.3 Å². The van der Waals surface area contributed by atoms with Crippen LogP contribution in [0.4, 0.5) is 5.69 Å². The largest absolute Gasteiger partial charge is 0.477 e. The third kappa shape index (κ3) is 6.29. The number of aliphatic hydroxyl groups excluding tert-OH is 1. The fourth-order valence-corrected chi connectivity index (χ4v) is 3.22. The van der Waals surface area contributed by atoms with E-state index in [9.17, 15) is 9.90 Å². The third-order valence-corrected chi connectivity index (χ3v) is 4.79. The van der Waals surface area contributed by atoms with E-state index < -0.39 is 12.1 Å². The van der Waals surface area contributed by atoms with Crippen molar-refractivity contribution in [3.8, 4) is 11.3 Å². The van der Waals surface area contributed by atoms with Gasteiger partial charge in [0.05, 0.1) is 11.8 Å². The summed E-state index contributed by atoms with van der Waals surface area (Å²) in [6.07, 6.45) is 0.279. The molecule has 0 unspecified atom stereocenters. The Morgan fingerprint density at radius 3 is 2.63 bits per heavy atom. The van der Waals surface area contributed by atoms with Crippen LogP contribution in [0.5, 0.6) is 0 Å². The Morgan fingerprint density at radius 1 is 1.03 bits per heavy atom. The summed E-state index contributed by atoms with van der Waals surface area (Å²) < 4.78 is 0. The van der Waals surface area contributed by atoms with E-state index in [1.807, 2.05) is 36.4 Å². The number of carboxylic acid groups (broad SMARTS) is 1. The van der Waals surface area contributed by atoms with E-state index in [1.54, 1.807) is 24.3 Å². The molecule has 0 saturated heterocycles. The van der Waals surface area contributed by atoms with Crippen molar-refractivity contribution in [1.82, 2.24) is 10.3 Å². The zero-order chi connectivity index (χ0) is 21.3. The predicted molar refractivity (Wildman–Crippen MR) is 119 cm³/mol. The first kappa shape index (κ1) is 21.8. The molecule has 6 nitrogen and oxygen atoms in total. The van der Waals surface area contributed by atoms with E-state index in [0.717, 1.165) is 36.3 Å². The quantitative estimate of drug-likeness (QED) is 0.363. The maximum absolute atomic E-state index is 11.1. The number of carboxylic acids is 1. The van der Waals surface area contributed by atoms with Crippen LogP contribution >= 0.6 is 11.6 Å². The van der Waals surface area contributed by atoms with Gasteiger partial charge < -0.3 is 20.8 Å². The first-order valence-electron chi connectivity index (χ1n) is 9.72. The molecule has 1 aromatic heterocycles. The highest BCUT2D eigenvalue weighted by molar-refractivity contribution is 6.30. The monoisotopic (exact) mass is 425 g/mol. The number of hydrogen-bond donors (Lipinski definition) is 4. The molecule has 3 rings (SSSR count). The van der Waals surface area contributed by atoms with Gasteiger partial charge in [-0.3, -0.25) is 0 Å². The number of halogens is 1. The van der Waals surface area contributed by atoms with Crippen molar-refractivity contribution in [2.75, 3.05) is 25.0 Å².